The number of nitrogens with zero attached hydrogens (tertiary/aromatic N) is 1. The summed E-state index contributed by atoms with van der Waals surface area (Å²) in [5.41, 5.74) is 2.10. The van der Waals surface area contributed by atoms with Gasteiger partial charge in [0.1, 0.15) is 11.5 Å². The lowest BCUT2D eigenvalue weighted by molar-refractivity contribution is 0.332. The molecule has 2 aromatic carbocycles. The highest BCUT2D eigenvalue weighted by atomic mass is 32.1. The minimum atomic E-state index is 0.417. The molecule has 2 aromatic rings. The zero-order valence-electron chi connectivity index (χ0n) is 20.2. The molecule has 3 rings (SSSR count). The number of methoxy groups -OCH3 is 4. The molecule has 0 amide bonds. The summed E-state index contributed by atoms with van der Waals surface area (Å²) >= 11 is 5.94. The van der Waals surface area contributed by atoms with Crippen molar-refractivity contribution in [1.29, 1.82) is 0 Å². The van der Waals surface area contributed by atoms with E-state index in [0.717, 1.165) is 40.6 Å². The molecule has 180 valence electrons. The number of hydrogen-bond donors (Lipinski definition) is 1. The number of hydrogen-bond acceptors (Lipinski definition) is 5. The largest absolute Gasteiger partial charge is 0.497 e. The normalized spacial score (nSPS) is 14.2. The topological polar surface area (TPSA) is 52.2 Å². The van der Waals surface area contributed by atoms with Gasteiger partial charge in [0.15, 0.2) is 16.6 Å². The summed E-state index contributed by atoms with van der Waals surface area (Å²) in [5.74, 6) is 2.88. The molecule has 0 radical (unpaired) electrons. The smallest absolute Gasteiger partial charge is 0.169 e. The molecule has 1 saturated carbocycles. The van der Waals surface area contributed by atoms with E-state index < -0.39 is 0 Å². The Bertz CT molecular complexity index is 896. The van der Waals surface area contributed by atoms with Gasteiger partial charge >= 0.3 is 0 Å². The average molecular weight is 473 g/mol. The summed E-state index contributed by atoms with van der Waals surface area (Å²) in [6.45, 7) is 1.21. The number of nitrogens with one attached hydrogen (secondary N) is 1. The third kappa shape index (κ3) is 6.90. The third-order valence-corrected chi connectivity index (χ3v) is 6.50. The maximum Gasteiger partial charge on any atom is 0.169 e. The van der Waals surface area contributed by atoms with Crippen LogP contribution in [0.4, 0.5) is 0 Å². The van der Waals surface area contributed by atoms with Crippen molar-refractivity contribution in [1.82, 2.24) is 10.2 Å². The standard InChI is InChI=1S/C26H36N2O4S/c1-29-22-13-11-19(12-14-22)17-28(26(33)27-21-9-7-5-6-8-10-21)18-20-15-23(30-2)16-24(31-3)25(20)32-4/h11-16,21H,5-10,17-18H2,1-4H3,(H,27,33). The monoisotopic (exact) mass is 472 g/mol. The summed E-state index contributed by atoms with van der Waals surface area (Å²) in [4.78, 5) is 2.18. The van der Waals surface area contributed by atoms with Gasteiger partial charge < -0.3 is 29.2 Å². The van der Waals surface area contributed by atoms with E-state index in [4.69, 9.17) is 31.2 Å². The summed E-state index contributed by atoms with van der Waals surface area (Å²) in [5, 5.41) is 4.40. The number of benzene rings is 2. The fourth-order valence-electron chi connectivity index (χ4n) is 4.30. The number of thiocarbonyl (C=S) groups is 1. The number of ether oxygens (including phenoxy) is 4. The van der Waals surface area contributed by atoms with Crippen LogP contribution in [0.2, 0.25) is 0 Å². The Kier molecular flexibility index (Phi) is 9.48. The van der Waals surface area contributed by atoms with E-state index in [1.54, 1.807) is 28.4 Å². The molecule has 0 unspecified atom stereocenters. The molecule has 0 atom stereocenters. The number of rotatable bonds is 9. The summed E-state index contributed by atoms with van der Waals surface area (Å²) < 4.78 is 22.1. The van der Waals surface area contributed by atoms with Crippen molar-refractivity contribution < 1.29 is 18.9 Å². The molecule has 6 nitrogen and oxygen atoms in total. The van der Waals surface area contributed by atoms with Crippen LogP contribution in [0.25, 0.3) is 0 Å². The molecule has 1 N–H and O–H groups in total. The first-order valence-electron chi connectivity index (χ1n) is 11.5. The molecule has 0 spiro atoms. The molecule has 1 fully saturated rings. The second kappa shape index (κ2) is 12.5. The van der Waals surface area contributed by atoms with Gasteiger partial charge in [0.05, 0.1) is 28.4 Å². The van der Waals surface area contributed by atoms with E-state index in [9.17, 15) is 0 Å². The van der Waals surface area contributed by atoms with Crippen LogP contribution in [0.1, 0.15) is 49.7 Å². The van der Waals surface area contributed by atoms with Crippen molar-refractivity contribution in [3.63, 3.8) is 0 Å². The SMILES string of the molecule is COc1ccc(CN(Cc2cc(OC)cc(OC)c2OC)C(=S)NC2CCCCCC2)cc1. The fraction of sp³-hybridized carbons (Fsp3) is 0.500. The van der Waals surface area contributed by atoms with Gasteiger partial charge in [-0.15, -0.1) is 0 Å². The van der Waals surface area contributed by atoms with Gasteiger partial charge in [-0.3, -0.25) is 0 Å². The predicted molar refractivity (Wildman–Crippen MR) is 136 cm³/mol. The van der Waals surface area contributed by atoms with Gasteiger partial charge in [0.2, 0.25) is 0 Å². The molecular weight excluding hydrogens is 436 g/mol. The zero-order valence-corrected chi connectivity index (χ0v) is 21.0. The van der Waals surface area contributed by atoms with Crippen molar-refractivity contribution >= 4 is 17.3 Å². The van der Waals surface area contributed by atoms with Gasteiger partial charge in [0, 0.05) is 30.8 Å². The maximum atomic E-state index is 5.94. The van der Waals surface area contributed by atoms with Crippen molar-refractivity contribution in [3.8, 4) is 23.0 Å². The minimum absolute atomic E-state index is 0.417. The Morgan fingerprint density at radius 2 is 1.52 bits per heavy atom. The molecule has 33 heavy (non-hydrogen) atoms. The van der Waals surface area contributed by atoms with Crippen molar-refractivity contribution in [2.24, 2.45) is 0 Å². The van der Waals surface area contributed by atoms with Gasteiger partial charge in [-0.1, -0.05) is 37.8 Å². The first-order chi connectivity index (χ1) is 16.1. The van der Waals surface area contributed by atoms with Crippen LogP contribution >= 0.6 is 12.2 Å². The van der Waals surface area contributed by atoms with Gasteiger partial charge in [-0.2, -0.15) is 0 Å². The van der Waals surface area contributed by atoms with E-state index in [1.807, 2.05) is 24.3 Å². The summed E-state index contributed by atoms with van der Waals surface area (Å²) in [6.07, 6.45) is 7.43. The molecule has 1 aliphatic rings. The van der Waals surface area contributed by atoms with Crippen LogP contribution in [0.15, 0.2) is 36.4 Å². The van der Waals surface area contributed by atoms with Crippen LogP contribution in [0.3, 0.4) is 0 Å². The quantitative estimate of drug-likeness (QED) is 0.391. The fourth-order valence-corrected chi connectivity index (χ4v) is 4.59. The second-order valence-corrected chi connectivity index (χ2v) is 8.75. The Morgan fingerprint density at radius 1 is 0.848 bits per heavy atom. The highest BCUT2D eigenvalue weighted by Gasteiger charge is 2.21. The lowest BCUT2D eigenvalue weighted by Crippen LogP contribution is -2.44. The molecule has 0 heterocycles. The predicted octanol–water partition coefficient (Wildman–Crippen LogP) is 5.32. The molecule has 0 aliphatic heterocycles. The van der Waals surface area contributed by atoms with Gasteiger partial charge in [-0.05, 0) is 48.8 Å². The Morgan fingerprint density at radius 3 is 2.09 bits per heavy atom. The average Bonchev–Trinajstić information content (AvgIpc) is 3.12. The molecule has 1 aliphatic carbocycles. The van der Waals surface area contributed by atoms with Crippen LogP contribution in [-0.4, -0.2) is 44.5 Å². The highest BCUT2D eigenvalue weighted by Crippen LogP contribution is 2.36. The maximum absolute atomic E-state index is 5.94. The molecule has 0 aromatic heterocycles. The molecule has 0 bridgehead atoms. The van der Waals surface area contributed by atoms with Crippen LogP contribution < -0.4 is 24.3 Å². The van der Waals surface area contributed by atoms with Crippen LogP contribution in [0, 0.1) is 0 Å². The third-order valence-electron chi connectivity index (χ3n) is 6.13. The lowest BCUT2D eigenvalue weighted by atomic mass is 10.1. The van der Waals surface area contributed by atoms with E-state index in [2.05, 4.69) is 22.3 Å². The molecule has 0 saturated heterocycles. The van der Waals surface area contributed by atoms with Gasteiger partial charge in [0.25, 0.3) is 0 Å². The first-order valence-corrected chi connectivity index (χ1v) is 12.0. The van der Waals surface area contributed by atoms with E-state index in [-0.39, 0.29) is 0 Å². The van der Waals surface area contributed by atoms with Crippen LogP contribution in [0.5, 0.6) is 23.0 Å². The Hall–Kier alpha value is -2.67. The van der Waals surface area contributed by atoms with E-state index in [0.29, 0.717) is 30.6 Å². The zero-order chi connectivity index (χ0) is 23.6. The van der Waals surface area contributed by atoms with Gasteiger partial charge in [-0.25, -0.2) is 0 Å². The highest BCUT2D eigenvalue weighted by molar-refractivity contribution is 7.80. The van der Waals surface area contributed by atoms with Crippen LogP contribution in [-0.2, 0) is 13.1 Å². The summed E-state index contributed by atoms with van der Waals surface area (Å²) in [7, 11) is 6.62. The van der Waals surface area contributed by atoms with Crippen molar-refractivity contribution in [2.45, 2.75) is 57.7 Å². The second-order valence-electron chi connectivity index (χ2n) is 8.36. The lowest BCUT2D eigenvalue weighted by Gasteiger charge is -2.30. The Balaban J connectivity index is 1.87. The first kappa shape index (κ1) is 25.0. The van der Waals surface area contributed by atoms with Crippen molar-refractivity contribution in [3.05, 3.63) is 47.5 Å². The summed E-state index contributed by atoms with van der Waals surface area (Å²) in [6, 6.07) is 12.3. The van der Waals surface area contributed by atoms with E-state index >= 15 is 0 Å². The molecule has 7 heteroatoms. The molecular formula is C26H36N2O4S. The minimum Gasteiger partial charge on any atom is -0.497 e. The van der Waals surface area contributed by atoms with E-state index in [1.165, 1.54) is 25.7 Å². The van der Waals surface area contributed by atoms with Crippen molar-refractivity contribution in [2.75, 3.05) is 28.4 Å². The Labute approximate surface area is 203 Å².